The Kier molecular flexibility index (Phi) is 17.3. The second-order valence-electron chi connectivity index (χ2n) is 12.1. The van der Waals surface area contributed by atoms with E-state index in [4.69, 9.17) is 0 Å². The van der Waals surface area contributed by atoms with Gasteiger partial charge in [-0.25, -0.2) is 0 Å². The van der Waals surface area contributed by atoms with Crippen LogP contribution in [-0.2, 0) is 17.1 Å². The van der Waals surface area contributed by atoms with Gasteiger partial charge in [-0.2, -0.15) is 0 Å². The summed E-state index contributed by atoms with van der Waals surface area (Å²) in [5, 5.41) is 16.6. The van der Waals surface area contributed by atoms with Crippen molar-refractivity contribution in [3.8, 4) is 0 Å². The molecule has 0 aliphatic heterocycles. The second kappa shape index (κ2) is 19.5. The van der Waals surface area contributed by atoms with Gasteiger partial charge in [-0.05, 0) is 87.2 Å². The third kappa shape index (κ3) is 9.72. The molecule has 5 atom stereocenters. The average molecular weight is 661 g/mol. The fourth-order valence-corrected chi connectivity index (χ4v) is 12.3. The number of hydrogen-bond donors (Lipinski definition) is 1. The first-order chi connectivity index (χ1) is 20.0. The summed E-state index contributed by atoms with van der Waals surface area (Å²) in [6, 6.07) is 31.4. The van der Waals surface area contributed by atoms with Crippen LogP contribution >= 0.6 is 15.8 Å². The molecule has 2 aliphatic rings. The fourth-order valence-electron chi connectivity index (χ4n) is 7.12. The minimum Gasteiger partial charge on any atom is -0.388 e. The molecule has 0 aromatic heterocycles. The van der Waals surface area contributed by atoms with Crippen molar-refractivity contribution in [2.24, 2.45) is 11.8 Å². The first-order valence-electron chi connectivity index (χ1n) is 16.1. The molecule has 238 valence electrons. The van der Waals surface area contributed by atoms with E-state index in [1.807, 2.05) is 0 Å². The van der Waals surface area contributed by atoms with E-state index in [9.17, 15) is 5.11 Å². The van der Waals surface area contributed by atoms with E-state index >= 15 is 0 Å². The Bertz CT molecular complexity index is 1110. The minimum atomic E-state index is -0.590. The molecule has 2 aliphatic carbocycles. The Morgan fingerprint density at radius 3 is 1.67 bits per heavy atom. The summed E-state index contributed by atoms with van der Waals surface area (Å²) in [6.45, 7) is 6.96. The molecule has 0 radical (unpaired) electrons. The van der Waals surface area contributed by atoms with Gasteiger partial charge in [0.25, 0.3) is 0 Å². The quantitative estimate of drug-likeness (QED) is 0.134. The third-order valence-corrected chi connectivity index (χ3v) is 15.1. The maximum atomic E-state index is 12.4. The minimum absolute atomic E-state index is 0. The number of hydrogen-bond acceptors (Lipinski definition) is 2. The van der Waals surface area contributed by atoms with Gasteiger partial charge >= 0.3 is 0 Å². The van der Waals surface area contributed by atoms with Gasteiger partial charge in [-0.15, -0.1) is 0 Å². The zero-order chi connectivity index (χ0) is 29.2. The van der Waals surface area contributed by atoms with Crippen molar-refractivity contribution in [3.05, 3.63) is 97.9 Å². The largest absolute Gasteiger partial charge is 0.388 e. The van der Waals surface area contributed by atoms with Gasteiger partial charge in [-0.3, -0.25) is 0 Å². The monoisotopic (exact) mass is 660 g/mol. The molecule has 0 saturated heterocycles. The molecule has 4 unspecified atom stereocenters. The van der Waals surface area contributed by atoms with Gasteiger partial charge in [0, 0.05) is 29.0 Å². The van der Waals surface area contributed by atoms with Crippen LogP contribution in [0.25, 0.3) is 0 Å². The zero-order valence-corrected chi connectivity index (χ0v) is 30.4. The predicted molar refractivity (Wildman–Crippen MR) is 191 cm³/mol. The molecule has 2 saturated carbocycles. The predicted octanol–water partition coefficient (Wildman–Crippen LogP) is 8.74. The third-order valence-electron chi connectivity index (χ3n) is 9.54. The summed E-state index contributed by atoms with van der Waals surface area (Å²) >= 11 is 0. The van der Waals surface area contributed by atoms with Crippen molar-refractivity contribution >= 4 is 31.8 Å². The van der Waals surface area contributed by atoms with Crippen molar-refractivity contribution in [2.75, 3.05) is 26.4 Å². The van der Waals surface area contributed by atoms with E-state index in [1.165, 1.54) is 78.7 Å². The molecule has 0 bridgehead atoms. The molecule has 43 heavy (non-hydrogen) atoms. The summed E-state index contributed by atoms with van der Waals surface area (Å²) in [4.78, 5) is 2.36. The fraction of sp³-hybridized carbons (Fsp3) is 0.500. The Morgan fingerprint density at radius 1 is 0.744 bits per heavy atom. The van der Waals surface area contributed by atoms with Crippen LogP contribution in [0.15, 0.2) is 84.9 Å². The van der Waals surface area contributed by atoms with Crippen molar-refractivity contribution in [2.45, 2.75) is 83.5 Å². The zero-order valence-electron chi connectivity index (χ0n) is 27.5. The first-order valence-corrected chi connectivity index (χ1v) is 19.2. The van der Waals surface area contributed by atoms with Crippen LogP contribution in [0.3, 0.4) is 0 Å². The Labute approximate surface area is 277 Å². The standard InChI is InChI=1S/C32H43NOP2.C5H10.CH3.Fe/c1-6-35(7-2)29-21-15-14-20-28(29)32(34)31-27(24(3)33(4)5)22-23-30(31)36(25-16-10-8-11-17-25)26-18-12-9-13-19-26;1-2-4-5-3-1;;/h8-21,24,27,30-32,34H,6-7,22-23H2,1-5H3;1-5H2;1H3;/q;;-1;/t24-,27?,30?,31?,32?;;;/m1.../s1. The van der Waals surface area contributed by atoms with Crippen molar-refractivity contribution < 1.29 is 22.2 Å². The second-order valence-corrected chi connectivity index (χ2v) is 17.3. The Balaban J connectivity index is 0.000000836. The molecule has 3 aromatic carbocycles. The SMILES string of the molecule is C1CCCC1.CCP(CC)c1ccccc1C(O)C1C([C@@H](C)N(C)C)CCC1P(c1ccccc1)c1ccccc1.[CH3-].[Fe]. The number of aliphatic hydroxyl groups excluding tert-OH is 1. The van der Waals surface area contributed by atoms with Crippen LogP contribution in [0.1, 0.15) is 77.4 Å². The molecular formula is C38H56FeNOP2-. The molecule has 1 N–H and O–H groups in total. The summed E-state index contributed by atoms with van der Waals surface area (Å²) in [7, 11) is 3.56. The van der Waals surface area contributed by atoms with E-state index in [1.54, 1.807) is 0 Å². The van der Waals surface area contributed by atoms with Crippen LogP contribution < -0.4 is 15.9 Å². The smallest absolute Gasteiger partial charge is 0.0833 e. The van der Waals surface area contributed by atoms with Gasteiger partial charge < -0.3 is 17.4 Å². The van der Waals surface area contributed by atoms with Crippen LogP contribution in [0, 0.1) is 19.3 Å². The molecule has 3 aromatic rings. The van der Waals surface area contributed by atoms with Gasteiger partial charge in [-0.1, -0.05) is 139 Å². The molecule has 5 heteroatoms. The summed E-state index contributed by atoms with van der Waals surface area (Å²) in [5.41, 5.74) is 1.63. The summed E-state index contributed by atoms with van der Waals surface area (Å²) < 4.78 is 0. The Morgan fingerprint density at radius 2 is 1.21 bits per heavy atom. The van der Waals surface area contributed by atoms with Gasteiger partial charge in [0.1, 0.15) is 0 Å². The molecular weight excluding hydrogens is 604 g/mol. The van der Waals surface area contributed by atoms with E-state index in [0.717, 1.165) is 0 Å². The maximum Gasteiger partial charge on any atom is 0.0833 e. The number of nitrogens with zero attached hydrogens (tertiary/aromatic N) is 1. The first kappa shape index (κ1) is 38.1. The summed E-state index contributed by atoms with van der Waals surface area (Å²) in [6.07, 6.45) is 11.7. The van der Waals surface area contributed by atoms with E-state index in [2.05, 4.69) is 125 Å². The van der Waals surface area contributed by atoms with E-state index in [-0.39, 0.29) is 38.3 Å². The average Bonchev–Trinajstić information content (AvgIpc) is 3.73. The molecule has 2 fully saturated rings. The number of rotatable bonds is 10. The van der Waals surface area contributed by atoms with Gasteiger partial charge in [0.2, 0.25) is 0 Å². The molecule has 0 spiro atoms. The van der Waals surface area contributed by atoms with Gasteiger partial charge in [0.15, 0.2) is 0 Å². The van der Waals surface area contributed by atoms with Crippen molar-refractivity contribution in [1.82, 2.24) is 4.90 Å². The van der Waals surface area contributed by atoms with Crippen LogP contribution in [0.4, 0.5) is 0 Å². The Hall–Kier alpha value is -1.04. The van der Waals surface area contributed by atoms with E-state index < -0.39 is 14.0 Å². The van der Waals surface area contributed by atoms with Crippen molar-refractivity contribution in [1.29, 1.82) is 0 Å². The molecule has 5 rings (SSSR count). The van der Waals surface area contributed by atoms with Crippen LogP contribution in [-0.4, -0.2) is 48.1 Å². The molecule has 2 nitrogen and oxygen atoms in total. The van der Waals surface area contributed by atoms with Crippen molar-refractivity contribution in [3.63, 3.8) is 0 Å². The van der Waals surface area contributed by atoms with Crippen LogP contribution in [0.5, 0.6) is 0 Å². The van der Waals surface area contributed by atoms with Crippen LogP contribution in [0.2, 0.25) is 0 Å². The van der Waals surface area contributed by atoms with Gasteiger partial charge in [0.05, 0.1) is 6.10 Å². The molecule has 0 amide bonds. The van der Waals surface area contributed by atoms with E-state index in [0.29, 0.717) is 17.6 Å². The topological polar surface area (TPSA) is 23.5 Å². The summed E-state index contributed by atoms with van der Waals surface area (Å²) in [5.74, 6) is 0.681. The normalized spacial score (nSPS) is 21.1. The maximum absolute atomic E-state index is 12.4. The number of aliphatic hydroxyl groups is 1. The molecule has 0 heterocycles. The number of benzene rings is 3.